The lowest BCUT2D eigenvalue weighted by Crippen LogP contribution is -2.12. The maximum absolute atomic E-state index is 12.4. The fourth-order valence-corrected chi connectivity index (χ4v) is 2.44. The maximum atomic E-state index is 12.4. The van der Waals surface area contributed by atoms with Crippen molar-refractivity contribution in [3.63, 3.8) is 0 Å². The molecule has 8 heteroatoms. The highest BCUT2D eigenvalue weighted by atomic mass is 16.6. The van der Waals surface area contributed by atoms with Crippen molar-refractivity contribution >= 4 is 28.4 Å². The van der Waals surface area contributed by atoms with E-state index in [1.54, 1.807) is 18.2 Å². The minimum absolute atomic E-state index is 0.0231. The molecule has 0 aliphatic heterocycles. The molecule has 0 unspecified atom stereocenters. The smallest absolute Gasteiger partial charge is 0.310 e. The molecular formula is C18H17N3O5. The number of nitro benzene ring substituents is 1. The van der Waals surface area contributed by atoms with E-state index in [0.29, 0.717) is 22.7 Å². The van der Waals surface area contributed by atoms with E-state index in [1.807, 2.05) is 13.8 Å². The summed E-state index contributed by atoms with van der Waals surface area (Å²) < 4.78 is 10.7. The minimum atomic E-state index is -0.565. The first kappa shape index (κ1) is 17.4. The van der Waals surface area contributed by atoms with Crippen LogP contribution in [0.2, 0.25) is 0 Å². The zero-order valence-electron chi connectivity index (χ0n) is 14.5. The third kappa shape index (κ3) is 3.34. The lowest BCUT2D eigenvalue weighted by atomic mass is 10.1. The van der Waals surface area contributed by atoms with Crippen molar-refractivity contribution in [2.24, 2.45) is 0 Å². The Kier molecular flexibility index (Phi) is 4.57. The fourth-order valence-electron chi connectivity index (χ4n) is 2.44. The molecular weight excluding hydrogens is 338 g/mol. The molecule has 1 aromatic heterocycles. The average molecular weight is 355 g/mol. The first-order chi connectivity index (χ1) is 12.4. The Balaban J connectivity index is 1.85. The van der Waals surface area contributed by atoms with Gasteiger partial charge in [0.2, 0.25) is 0 Å². The summed E-state index contributed by atoms with van der Waals surface area (Å²) in [5.74, 6) is 0.396. The van der Waals surface area contributed by atoms with E-state index in [9.17, 15) is 14.9 Å². The van der Waals surface area contributed by atoms with Crippen LogP contribution in [-0.4, -0.2) is 22.9 Å². The van der Waals surface area contributed by atoms with E-state index in [2.05, 4.69) is 10.3 Å². The number of ether oxygens (including phenoxy) is 1. The van der Waals surface area contributed by atoms with Crippen molar-refractivity contribution in [1.29, 1.82) is 0 Å². The number of hydrogen-bond acceptors (Lipinski definition) is 6. The molecule has 0 saturated heterocycles. The highest BCUT2D eigenvalue weighted by molar-refractivity contribution is 6.05. The predicted molar refractivity (Wildman–Crippen MR) is 95.7 cm³/mol. The largest absolute Gasteiger partial charge is 0.490 e. The van der Waals surface area contributed by atoms with E-state index >= 15 is 0 Å². The first-order valence-corrected chi connectivity index (χ1v) is 7.93. The number of carbonyl (C=O) groups is 1. The summed E-state index contributed by atoms with van der Waals surface area (Å²) in [6.45, 7) is 3.96. The molecule has 26 heavy (non-hydrogen) atoms. The fraction of sp³-hybridized carbons (Fsp3) is 0.222. The van der Waals surface area contributed by atoms with Gasteiger partial charge in [-0.25, -0.2) is 4.98 Å². The third-order valence-electron chi connectivity index (χ3n) is 3.80. The molecule has 0 saturated carbocycles. The van der Waals surface area contributed by atoms with E-state index < -0.39 is 10.8 Å². The van der Waals surface area contributed by atoms with Crippen LogP contribution in [0.25, 0.3) is 11.1 Å². The molecule has 0 radical (unpaired) electrons. The summed E-state index contributed by atoms with van der Waals surface area (Å²) in [5, 5.41) is 13.7. The Labute approximate surface area is 148 Å². The summed E-state index contributed by atoms with van der Waals surface area (Å²) in [7, 11) is 1.31. The molecule has 2 aromatic carbocycles. The van der Waals surface area contributed by atoms with Crippen LogP contribution >= 0.6 is 0 Å². The van der Waals surface area contributed by atoms with E-state index in [4.69, 9.17) is 9.15 Å². The molecule has 0 bridgehead atoms. The zero-order chi connectivity index (χ0) is 18.8. The molecule has 0 spiro atoms. The molecule has 0 atom stereocenters. The van der Waals surface area contributed by atoms with Crippen LogP contribution in [0.3, 0.4) is 0 Å². The van der Waals surface area contributed by atoms with Crippen LogP contribution < -0.4 is 10.1 Å². The third-order valence-corrected chi connectivity index (χ3v) is 3.80. The molecule has 1 heterocycles. The molecule has 1 amide bonds. The van der Waals surface area contributed by atoms with Crippen LogP contribution in [0.1, 0.15) is 36.0 Å². The van der Waals surface area contributed by atoms with Crippen molar-refractivity contribution in [2.45, 2.75) is 19.8 Å². The highest BCUT2D eigenvalue weighted by Crippen LogP contribution is 2.28. The summed E-state index contributed by atoms with van der Waals surface area (Å²) in [6.07, 6.45) is 0. The van der Waals surface area contributed by atoms with Crippen LogP contribution in [0.5, 0.6) is 5.75 Å². The van der Waals surface area contributed by atoms with E-state index in [0.717, 1.165) is 0 Å². The number of nitro groups is 1. The number of amides is 1. The van der Waals surface area contributed by atoms with Gasteiger partial charge in [-0.1, -0.05) is 13.8 Å². The van der Waals surface area contributed by atoms with Crippen molar-refractivity contribution in [1.82, 2.24) is 4.98 Å². The average Bonchev–Trinajstić information content (AvgIpc) is 3.04. The van der Waals surface area contributed by atoms with Gasteiger partial charge in [-0.3, -0.25) is 14.9 Å². The number of oxazole rings is 1. The molecule has 0 aliphatic rings. The van der Waals surface area contributed by atoms with E-state index in [-0.39, 0.29) is 22.9 Å². The molecule has 0 aliphatic carbocycles. The number of nitrogens with zero attached hydrogens (tertiary/aromatic N) is 2. The van der Waals surface area contributed by atoms with Crippen molar-refractivity contribution in [3.8, 4) is 5.75 Å². The minimum Gasteiger partial charge on any atom is -0.490 e. The van der Waals surface area contributed by atoms with Crippen LogP contribution in [0, 0.1) is 10.1 Å². The van der Waals surface area contributed by atoms with Gasteiger partial charge in [0.15, 0.2) is 17.2 Å². The van der Waals surface area contributed by atoms with Crippen LogP contribution in [-0.2, 0) is 0 Å². The molecule has 0 fully saturated rings. The van der Waals surface area contributed by atoms with Gasteiger partial charge in [-0.15, -0.1) is 0 Å². The number of hydrogen-bond donors (Lipinski definition) is 1. The summed E-state index contributed by atoms with van der Waals surface area (Å²) >= 11 is 0. The number of carbonyl (C=O) groups excluding carboxylic acids is 1. The van der Waals surface area contributed by atoms with Crippen LogP contribution in [0.4, 0.5) is 11.4 Å². The van der Waals surface area contributed by atoms with Gasteiger partial charge in [0, 0.05) is 35.4 Å². The van der Waals surface area contributed by atoms with Gasteiger partial charge >= 0.3 is 5.69 Å². The van der Waals surface area contributed by atoms with Gasteiger partial charge in [0.05, 0.1) is 12.0 Å². The Morgan fingerprint density at radius 3 is 2.69 bits per heavy atom. The lowest BCUT2D eigenvalue weighted by Gasteiger charge is -2.07. The number of nitrogens with one attached hydrogen (secondary N) is 1. The SMILES string of the molecule is COc1cc(C(=O)Nc2ccc3nc(C(C)C)oc3c2)ccc1[N+](=O)[O-]. The predicted octanol–water partition coefficient (Wildman–Crippen LogP) is 4.12. The second-order valence-corrected chi connectivity index (χ2v) is 5.99. The molecule has 1 N–H and O–H groups in total. The van der Waals surface area contributed by atoms with E-state index in [1.165, 1.54) is 25.3 Å². The number of fused-ring (bicyclic) bond motifs is 1. The summed E-state index contributed by atoms with van der Waals surface area (Å²) in [6, 6.07) is 9.11. The monoisotopic (exact) mass is 355 g/mol. The molecule has 3 aromatic rings. The summed E-state index contributed by atoms with van der Waals surface area (Å²) in [5.41, 5.74) is 1.86. The molecule has 8 nitrogen and oxygen atoms in total. The Hall–Kier alpha value is -3.42. The first-order valence-electron chi connectivity index (χ1n) is 7.93. The quantitative estimate of drug-likeness (QED) is 0.545. The van der Waals surface area contributed by atoms with Crippen molar-refractivity contribution < 1.29 is 18.9 Å². The van der Waals surface area contributed by atoms with Gasteiger partial charge in [-0.2, -0.15) is 0 Å². The second-order valence-electron chi connectivity index (χ2n) is 5.99. The standard InChI is InChI=1S/C18H17N3O5/c1-10(2)18-20-13-6-5-12(9-15(13)26-18)19-17(22)11-4-7-14(21(23)24)16(8-11)25-3/h4-10H,1-3H3,(H,19,22). The zero-order valence-corrected chi connectivity index (χ0v) is 14.5. The van der Waals surface area contributed by atoms with Crippen molar-refractivity contribution in [2.75, 3.05) is 12.4 Å². The number of methoxy groups -OCH3 is 1. The van der Waals surface area contributed by atoms with Gasteiger partial charge in [0.25, 0.3) is 5.91 Å². The molecule has 134 valence electrons. The second kappa shape index (κ2) is 6.83. The highest BCUT2D eigenvalue weighted by Gasteiger charge is 2.18. The van der Waals surface area contributed by atoms with Gasteiger partial charge < -0.3 is 14.5 Å². The summed E-state index contributed by atoms with van der Waals surface area (Å²) in [4.78, 5) is 27.2. The number of anilines is 1. The van der Waals surface area contributed by atoms with Gasteiger partial charge in [-0.05, 0) is 18.2 Å². The topological polar surface area (TPSA) is 108 Å². The number of benzene rings is 2. The Bertz CT molecular complexity index is 994. The normalized spacial score (nSPS) is 10.9. The Morgan fingerprint density at radius 2 is 2.04 bits per heavy atom. The Morgan fingerprint density at radius 1 is 1.27 bits per heavy atom. The maximum Gasteiger partial charge on any atom is 0.310 e. The number of rotatable bonds is 5. The van der Waals surface area contributed by atoms with Gasteiger partial charge in [0.1, 0.15) is 5.52 Å². The van der Waals surface area contributed by atoms with Crippen LogP contribution in [0.15, 0.2) is 40.8 Å². The lowest BCUT2D eigenvalue weighted by molar-refractivity contribution is -0.385. The van der Waals surface area contributed by atoms with Crippen molar-refractivity contribution in [3.05, 3.63) is 58.0 Å². The number of aromatic nitrogens is 1. The molecule has 3 rings (SSSR count).